The quantitative estimate of drug-likeness (QED) is 0.457. The standard InChI is InChI=1S/C12H17ClN4O3/c1-8(2)7-15-11(18)5-6-14-12-9(17(19)20)3-4-10(13)16-12/h3-4,8H,5-7H2,1-2H3,(H,14,16)(H,15,18). The second-order valence-electron chi connectivity index (χ2n) is 4.63. The number of nitrogens with zero attached hydrogens (tertiary/aromatic N) is 2. The van der Waals surface area contributed by atoms with Gasteiger partial charge in [0.15, 0.2) is 0 Å². The van der Waals surface area contributed by atoms with E-state index in [1.807, 2.05) is 13.8 Å². The maximum Gasteiger partial charge on any atom is 0.311 e. The van der Waals surface area contributed by atoms with E-state index in [1.54, 1.807) is 0 Å². The lowest BCUT2D eigenvalue weighted by Crippen LogP contribution is -2.28. The van der Waals surface area contributed by atoms with Gasteiger partial charge in [-0.1, -0.05) is 25.4 Å². The molecule has 0 fully saturated rings. The number of carbonyl (C=O) groups excluding carboxylic acids is 1. The van der Waals surface area contributed by atoms with Crippen molar-refractivity contribution in [3.63, 3.8) is 0 Å². The first-order chi connectivity index (χ1) is 9.40. The minimum atomic E-state index is -0.551. The Hall–Kier alpha value is -1.89. The van der Waals surface area contributed by atoms with Crippen molar-refractivity contribution < 1.29 is 9.72 Å². The van der Waals surface area contributed by atoms with Crippen LogP contribution in [0, 0.1) is 16.0 Å². The number of amides is 1. The summed E-state index contributed by atoms with van der Waals surface area (Å²) in [6, 6.07) is 2.62. The zero-order valence-electron chi connectivity index (χ0n) is 11.4. The van der Waals surface area contributed by atoms with Crippen molar-refractivity contribution in [2.75, 3.05) is 18.4 Å². The minimum absolute atomic E-state index is 0.0687. The molecule has 1 heterocycles. The molecule has 0 radical (unpaired) electrons. The number of pyridine rings is 1. The molecule has 1 rings (SSSR count). The summed E-state index contributed by atoms with van der Waals surface area (Å²) in [4.78, 5) is 25.6. The van der Waals surface area contributed by atoms with Crippen molar-refractivity contribution in [3.05, 3.63) is 27.4 Å². The summed E-state index contributed by atoms with van der Waals surface area (Å²) >= 11 is 5.69. The van der Waals surface area contributed by atoms with Crippen molar-refractivity contribution in [1.29, 1.82) is 0 Å². The van der Waals surface area contributed by atoms with Gasteiger partial charge in [-0.2, -0.15) is 0 Å². The lowest BCUT2D eigenvalue weighted by atomic mass is 10.2. The van der Waals surface area contributed by atoms with Gasteiger partial charge in [-0.3, -0.25) is 14.9 Å². The minimum Gasteiger partial charge on any atom is -0.364 e. The Morgan fingerprint density at radius 2 is 2.20 bits per heavy atom. The largest absolute Gasteiger partial charge is 0.364 e. The third kappa shape index (κ3) is 5.40. The van der Waals surface area contributed by atoms with Gasteiger partial charge in [0.2, 0.25) is 11.7 Å². The molecule has 0 bridgehead atoms. The SMILES string of the molecule is CC(C)CNC(=O)CCNc1nc(Cl)ccc1[N+](=O)[O-]. The third-order valence-electron chi connectivity index (χ3n) is 2.39. The van der Waals surface area contributed by atoms with Gasteiger partial charge < -0.3 is 10.6 Å². The van der Waals surface area contributed by atoms with Crippen molar-refractivity contribution in [3.8, 4) is 0 Å². The zero-order chi connectivity index (χ0) is 15.1. The molecule has 0 aromatic carbocycles. The molecule has 0 saturated carbocycles. The summed E-state index contributed by atoms with van der Waals surface area (Å²) in [5.41, 5.74) is -0.169. The van der Waals surface area contributed by atoms with E-state index in [0.717, 1.165) is 0 Å². The van der Waals surface area contributed by atoms with Crippen LogP contribution in [0.25, 0.3) is 0 Å². The van der Waals surface area contributed by atoms with Crippen LogP contribution in [-0.4, -0.2) is 28.9 Å². The highest BCUT2D eigenvalue weighted by molar-refractivity contribution is 6.29. The number of aromatic nitrogens is 1. The van der Waals surface area contributed by atoms with Crippen LogP contribution >= 0.6 is 11.6 Å². The van der Waals surface area contributed by atoms with Crippen LogP contribution in [0.2, 0.25) is 5.15 Å². The molecule has 0 atom stereocenters. The Bertz CT molecular complexity index is 494. The molecule has 0 spiro atoms. The second kappa shape index (κ2) is 7.64. The first-order valence-corrected chi connectivity index (χ1v) is 6.59. The molecule has 1 aromatic heterocycles. The maximum absolute atomic E-state index is 11.5. The highest BCUT2D eigenvalue weighted by Gasteiger charge is 2.15. The second-order valence-corrected chi connectivity index (χ2v) is 5.02. The number of rotatable bonds is 7. The Kier molecular flexibility index (Phi) is 6.17. The summed E-state index contributed by atoms with van der Waals surface area (Å²) in [6.45, 7) is 4.85. The van der Waals surface area contributed by atoms with E-state index in [0.29, 0.717) is 12.5 Å². The number of carbonyl (C=O) groups is 1. The molecular weight excluding hydrogens is 284 g/mol. The highest BCUT2D eigenvalue weighted by Crippen LogP contribution is 2.23. The zero-order valence-corrected chi connectivity index (χ0v) is 12.1. The molecule has 20 heavy (non-hydrogen) atoms. The van der Waals surface area contributed by atoms with Crippen LogP contribution < -0.4 is 10.6 Å². The first-order valence-electron chi connectivity index (χ1n) is 6.21. The van der Waals surface area contributed by atoms with Gasteiger partial charge in [0.05, 0.1) is 4.92 Å². The van der Waals surface area contributed by atoms with E-state index in [9.17, 15) is 14.9 Å². The fraction of sp³-hybridized carbons (Fsp3) is 0.500. The number of hydrogen-bond donors (Lipinski definition) is 2. The van der Waals surface area contributed by atoms with Gasteiger partial charge in [-0.25, -0.2) is 4.98 Å². The van der Waals surface area contributed by atoms with E-state index < -0.39 is 4.92 Å². The lowest BCUT2D eigenvalue weighted by Gasteiger charge is -2.09. The normalized spacial score (nSPS) is 10.4. The average Bonchev–Trinajstić information content (AvgIpc) is 2.36. The predicted molar refractivity (Wildman–Crippen MR) is 76.9 cm³/mol. The molecule has 0 aliphatic heterocycles. The molecule has 0 aliphatic rings. The van der Waals surface area contributed by atoms with Gasteiger partial charge in [0.1, 0.15) is 5.15 Å². The van der Waals surface area contributed by atoms with Crippen molar-refractivity contribution in [2.45, 2.75) is 20.3 Å². The number of nitrogens with one attached hydrogen (secondary N) is 2. The smallest absolute Gasteiger partial charge is 0.311 e. The summed E-state index contributed by atoms with van der Waals surface area (Å²) in [7, 11) is 0. The van der Waals surface area contributed by atoms with Gasteiger partial charge >= 0.3 is 5.69 Å². The topological polar surface area (TPSA) is 97.2 Å². The molecule has 1 aromatic rings. The molecule has 7 nitrogen and oxygen atoms in total. The Balaban J connectivity index is 2.51. The monoisotopic (exact) mass is 300 g/mol. The van der Waals surface area contributed by atoms with Gasteiger partial charge in [0.25, 0.3) is 0 Å². The number of nitro groups is 1. The molecule has 0 unspecified atom stereocenters. The van der Waals surface area contributed by atoms with Crippen LogP contribution in [-0.2, 0) is 4.79 Å². The number of halogens is 1. The Morgan fingerprint density at radius 1 is 1.50 bits per heavy atom. The highest BCUT2D eigenvalue weighted by atomic mass is 35.5. The maximum atomic E-state index is 11.5. The summed E-state index contributed by atoms with van der Waals surface area (Å²) in [6.07, 6.45) is 0.206. The molecule has 2 N–H and O–H groups in total. The molecule has 110 valence electrons. The molecule has 1 amide bonds. The molecular formula is C12H17ClN4O3. The van der Waals surface area contributed by atoms with Gasteiger partial charge in [0, 0.05) is 25.6 Å². The van der Waals surface area contributed by atoms with Crippen LogP contribution in [0.3, 0.4) is 0 Å². The summed E-state index contributed by atoms with van der Waals surface area (Å²) in [5, 5.41) is 16.5. The Labute approximate surface area is 121 Å². The van der Waals surface area contributed by atoms with E-state index in [2.05, 4.69) is 15.6 Å². The number of hydrogen-bond acceptors (Lipinski definition) is 5. The van der Waals surface area contributed by atoms with Gasteiger partial charge in [-0.05, 0) is 12.0 Å². The van der Waals surface area contributed by atoms with Crippen LogP contribution in [0.1, 0.15) is 20.3 Å². The first kappa shape index (κ1) is 16.2. The summed E-state index contributed by atoms with van der Waals surface area (Å²) in [5.74, 6) is 0.331. The van der Waals surface area contributed by atoms with E-state index in [4.69, 9.17) is 11.6 Å². The van der Waals surface area contributed by atoms with Crippen molar-refractivity contribution in [2.24, 2.45) is 5.92 Å². The average molecular weight is 301 g/mol. The third-order valence-corrected chi connectivity index (χ3v) is 2.60. The molecule has 0 aliphatic carbocycles. The van der Waals surface area contributed by atoms with E-state index >= 15 is 0 Å². The predicted octanol–water partition coefficient (Wildman–Crippen LogP) is 2.22. The fourth-order valence-corrected chi connectivity index (χ4v) is 1.55. The van der Waals surface area contributed by atoms with Crippen LogP contribution in [0.4, 0.5) is 11.5 Å². The van der Waals surface area contributed by atoms with Crippen molar-refractivity contribution in [1.82, 2.24) is 10.3 Å². The van der Waals surface area contributed by atoms with Gasteiger partial charge in [-0.15, -0.1) is 0 Å². The molecule has 8 heteroatoms. The molecule has 0 saturated heterocycles. The van der Waals surface area contributed by atoms with Crippen LogP contribution in [0.5, 0.6) is 0 Å². The lowest BCUT2D eigenvalue weighted by molar-refractivity contribution is -0.384. The Morgan fingerprint density at radius 3 is 2.80 bits per heavy atom. The van der Waals surface area contributed by atoms with Crippen molar-refractivity contribution >= 4 is 29.0 Å². The summed E-state index contributed by atoms with van der Waals surface area (Å²) < 4.78 is 0. The van der Waals surface area contributed by atoms with E-state index in [-0.39, 0.29) is 35.5 Å². The number of anilines is 1. The van der Waals surface area contributed by atoms with E-state index in [1.165, 1.54) is 12.1 Å². The fourth-order valence-electron chi connectivity index (χ4n) is 1.41. The van der Waals surface area contributed by atoms with Crippen LogP contribution in [0.15, 0.2) is 12.1 Å².